The Bertz CT molecular complexity index is 729. The summed E-state index contributed by atoms with van der Waals surface area (Å²) in [4.78, 5) is 30.9. The van der Waals surface area contributed by atoms with Gasteiger partial charge in [0.2, 0.25) is 5.91 Å². The van der Waals surface area contributed by atoms with Crippen LogP contribution < -0.4 is 5.32 Å². The van der Waals surface area contributed by atoms with Gasteiger partial charge >= 0.3 is 0 Å². The van der Waals surface area contributed by atoms with Crippen molar-refractivity contribution < 1.29 is 9.59 Å². The highest BCUT2D eigenvalue weighted by Gasteiger charge is 2.18. The largest absolute Gasteiger partial charge is 0.356 e. The average molecular weight is 325 g/mol. The Kier molecular flexibility index (Phi) is 5.41. The number of carbonyl (C=O) groups excluding carboxylic acids is 2. The van der Waals surface area contributed by atoms with E-state index in [1.807, 2.05) is 30.3 Å². The maximum Gasteiger partial charge on any atom is 0.272 e. The standard InChI is InChI=1S/C19H23N3O2/c23-18-11-14-22(13-6-2-1-5-12-20-18)19(24)17-10-9-15-7-3-4-8-16(15)21-17/h3-4,7-10H,1-2,5-6,11-14H2,(H,20,23). The highest BCUT2D eigenvalue weighted by atomic mass is 16.2. The van der Waals surface area contributed by atoms with Crippen molar-refractivity contribution in [2.75, 3.05) is 19.6 Å². The molecule has 1 aliphatic heterocycles. The van der Waals surface area contributed by atoms with Gasteiger partial charge in [0.25, 0.3) is 5.91 Å². The number of fused-ring (bicyclic) bond motifs is 1. The predicted octanol–water partition coefficient (Wildman–Crippen LogP) is 2.76. The van der Waals surface area contributed by atoms with Crippen molar-refractivity contribution in [2.24, 2.45) is 0 Å². The molecule has 1 aliphatic rings. The van der Waals surface area contributed by atoms with E-state index in [0.717, 1.165) is 43.1 Å². The van der Waals surface area contributed by atoms with Gasteiger partial charge in [0, 0.05) is 31.4 Å². The molecule has 2 heterocycles. The Hall–Kier alpha value is -2.43. The molecule has 1 fully saturated rings. The van der Waals surface area contributed by atoms with Crippen LogP contribution >= 0.6 is 0 Å². The summed E-state index contributed by atoms with van der Waals surface area (Å²) in [6, 6.07) is 11.5. The van der Waals surface area contributed by atoms with Crippen molar-refractivity contribution in [1.29, 1.82) is 0 Å². The van der Waals surface area contributed by atoms with Gasteiger partial charge in [-0.2, -0.15) is 0 Å². The molecule has 1 N–H and O–H groups in total. The Morgan fingerprint density at radius 2 is 1.83 bits per heavy atom. The number of nitrogens with zero attached hydrogens (tertiary/aromatic N) is 2. The van der Waals surface area contributed by atoms with Gasteiger partial charge in [-0.05, 0) is 25.0 Å². The van der Waals surface area contributed by atoms with E-state index >= 15 is 0 Å². The second-order valence-electron chi connectivity index (χ2n) is 6.20. The first kappa shape index (κ1) is 16.4. The van der Waals surface area contributed by atoms with Crippen LogP contribution in [0.15, 0.2) is 36.4 Å². The highest BCUT2D eigenvalue weighted by molar-refractivity contribution is 5.95. The van der Waals surface area contributed by atoms with Crippen LogP contribution in [0.5, 0.6) is 0 Å². The zero-order valence-electron chi connectivity index (χ0n) is 13.8. The van der Waals surface area contributed by atoms with Crippen molar-refractivity contribution >= 4 is 22.7 Å². The number of nitrogens with one attached hydrogen (secondary N) is 1. The van der Waals surface area contributed by atoms with Crippen molar-refractivity contribution in [3.63, 3.8) is 0 Å². The van der Waals surface area contributed by atoms with E-state index in [4.69, 9.17) is 0 Å². The molecule has 1 aromatic carbocycles. The number of hydrogen-bond acceptors (Lipinski definition) is 3. The minimum atomic E-state index is -0.0900. The summed E-state index contributed by atoms with van der Waals surface area (Å²) in [5.74, 6) is -0.0750. The summed E-state index contributed by atoms with van der Waals surface area (Å²) >= 11 is 0. The minimum absolute atomic E-state index is 0.0150. The smallest absolute Gasteiger partial charge is 0.272 e. The summed E-state index contributed by atoms with van der Waals surface area (Å²) in [6.45, 7) is 1.86. The van der Waals surface area contributed by atoms with Crippen molar-refractivity contribution in [3.05, 3.63) is 42.1 Å². The van der Waals surface area contributed by atoms with Crippen molar-refractivity contribution in [1.82, 2.24) is 15.2 Å². The Morgan fingerprint density at radius 1 is 1.00 bits per heavy atom. The lowest BCUT2D eigenvalue weighted by Gasteiger charge is -2.22. The van der Waals surface area contributed by atoms with Crippen LogP contribution in [0.4, 0.5) is 0 Å². The maximum atomic E-state index is 12.8. The fraction of sp³-hybridized carbons (Fsp3) is 0.421. The van der Waals surface area contributed by atoms with E-state index < -0.39 is 0 Å². The van der Waals surface area contributed by atoms with Crippen LogP contribution in [0.1, 0.15) is 42.6 Å². The fourth-order valence-corrected chi connectivity index (χ4v) is 3.00. The van der Waals surface area contributed by atoms with Gasteiger partial charge in [0.05, 0.1) is 5.52 Å². The number of hydrogen-bond donors (Lipinski definition) is 1. The molecule has 0 atom stereocenters. The lowest BCUT2D eigenvalue weighted by atomic mass is 10.1. The van der Waals surface area contributed by atoms with Gasteiger partial charge in [-0.15, -0.1) is 0 Å². The monoisotopic (exact) mass is 325 g/mol. The fourth-order valence-electron chi connectivity index (χ4n) is 3.00. The van der Waals surface area contributed by atoms with Crippen molar-refractivity contribution in [2.45, 2.75) is 32.1 Å². The minimum Gasteiger partial charge on any atom is -0.356 e. The second-order valence-corrected chi connectivity index (χ2v) is 6.20. The third-order valence-corrected chi connectivity index (χ3v) is 4.39. The molecule has 1 saturated heterocycles. The molecular weight excluding hydrogens is 302 g/mol. The third kappa shape index (κ3) is 4.10. The number of para-hydroxylation sites is 1. The lowest BCUT2D eigenvalue weighted by molar-refractivity contribution is -0.121. The Labute approximate surface area is 142 Å². The van der Waals surface area contributed by atoms with Crippen LogP contribution in [-0.4, -0.2) is 41.3 Å². The first-order chi connectivity index (χ1) is 11.7. The summed E-state index contributed by atoms with van der Waals surface area (Å²) in [6.07, 6.45) is 4.47. The average Bonchev–Trinajstić information content (AvgIpc) is 2.66. The number of rotatable bonds is 1. The van der Waals surface area contributed by atoms with E-state index in [9.17, 15) is 9.59 Å². The van der Waals surface area contributed by atoms with Crippen LogP contribution in [0.2, 0.25) is 0 Å². The summed E-state index contributed by atoms with van der Waals surface area (Å²) in [7, 11) is 0. The Balaban J connectivity index is 1.77. The van der Waals surface area contributed by atoms with Crippen LogP contribution in [0.3, 0.4) is 0 Å². The quantitative estimate of drug-likeness (QED) is 0.877. The molecule has 0 radical (unpaired) electrons. The van der Waals surface area contributed by atoms with Crippen LogP contribution in [0, 0.1) is 0 Å². The second kappa shape index (κ2) is 7.90. The Morgan fingerprint density at radius 3 is 2.75 bits per heavy atom. The van der Waals surface area contributed by atoms with E-state index in [1.165, 1.54) is 0 Å². The first-order valence-corrected chi connectivity index (χ1v) is 8.66. The number of pyridine rings is 1. The van der Waals surface area contributed by atoms with Gasteiger partial charge in [0.15, 0.2) is 0 Å². The van der Waals surface area contributed by atoms with E-state index in [2.05, 4.69) is 10.3 Å². The molecule has 24 heavy (non-hydrogen) atoms. The third-order valence-electron chi connectivity index (χ3n) is 4.39. The SMILES string of the molecule is O=C1CCN(C(=O)c2ccc3ccccc3n2)CCCCCCN1. The summed E-state index contributed by atoms with van der Waals surface area (Å²) in [5, 5.41) is 3.93. The molecule has 0 bridgehead atoms. The molecule has 0 saturated carbocycles. The molecule has 0 spiro atoms. The van der Waals surface area contributed by atoms with Gasteiger partial charge in [-0.25, -0.2) is 4.98 Å². The lowest BCUT2D eigenvalue weighted by Crippen LogP contribution is -2.36. The normalized spacial score (nSPS) is 17.2. The van der Waals surface area contributed by atoms with E-state index in [0.29, 0.717) is 25.2 Å². The number of aromatic nitrogens is 1. The zero-order valence-corrected chi connectivity index (χ0v) is 13.8. The van der Waals surface area contributed by atoms with E-state index in [1.54, 1.807) is 11.0 Å². The molecule has 3 rings (SSSR count). The highest BCUT2D eigenvalue weighted by Crippen LogP contribution is 2.14. The van der Waals surface area contributed by atoms with Gasteiger partial charge in [-0.1, -0.05) is 37.1 Å². The molecule has 5 nitrogen and oxygen atoms in total. The van der Waals surface area contributed by atoms with Crippen LogP contribution in [0.25, 0.3) is 10.9 Å². The molecule has 126 valence electrons. The van der Waals surface area contributed by atoms with Crippen molar-refractivity contribution in [3.8, 4) is 0 Å². The molecule has 5 heteroatoms. The van der Waals surface area contributed by atoms with Gasteiger partial charge in [0.1, 0.15) is 5.69 Å². The molecule has 2 aromatic rings. The number of amides is 2. The number of carbonyl (C=O) groups is 2. The molecule has 1 aromatic heterocycles. The predicted molar refractivity (Wildman–Crippen MR) is 93.7 cm³/mol. The summed E-state index contributed by atoms with van der Waals surface area (Å²) < 4.78 is 0. The molecular formula is C19H23N3O2. The van der Waals surface area contributed by atoms with Gasteiger partial charge in [-0.3, -0.25) is 9.59 Å². The molecule has 0 unspecified atom stereocenters. The maximum absolute atomic E-state index is 12.8. The molecule has 2 amide bonds. The van der Waals surface area contributed by atoms with Crippen LogP contribution in [-0.2, 0) is 4.79 Å². The molecule has 0 aliphatic carbocycles. The number of benzene rings is 1. The zero-order chi connectivity index (χ0) is 16.8. The topological polar surface area (TPSA) is 62.3 Å². The van der Waals surface area contributed by atoms with Gasteiger partial charge < -0.3 is 10.2 Å². The first-order valence-electron chi connectivity index (χ1n) is 8.66. The summed E-state index contributed by atoms with van der Waals surface area (Å²) in [5.41, 5.74) is 1.27. The van der Waals surface area contributed by atoms with E-state index in [-0.39, 0.29) is 11.8 Å².